The number of amides is 2. The van der Waals surface area contributed by atoms with E-state index < -0.39 is 5.92 Å². The van der Waals surface area contributed by atoms with Crippen molar-refractivity contribution in [1.82, 2.24) is 14.8 Å². The summed E-state index contributed by atoms with van der Waals surface area (Å²) in [5.74, 6) is 1.19. The summed E-state index contributed by atoms with van der Waals surface area (Å²) in [6.07, 6.45) is 0.166. The minimum Gasteiger partial charge on any atom is -0.454 e. The number of rotatable bonds is 5. The van der Waals surface area contributed by atoms with Crippen LogP contribution in [0.2, 0.25) is 0 Å². The van der Waals surface area contributed by atoms with Gasteiger partial charge in [0.2, 0.25) is 23.7 Å². The molecule has 0 radical (unpaired) electrons. The van der Waals surface area contributed by atoms with Gasteiger partial charge in [-0.2, -0.15) is 9.78 Å². The summed E-state index contributed by atoms with van der Waals surface area (Å²) in [6.45, 7) is 2.41. The smallest absolute Gasteiger partial charge is 0.231 e. The Bertz CT molecular complexity index is 1430. The molecule has 2 aliphatic heterocycles. The van der Waals surface area contributed by atoms with Crippen molar-refractivity contribution in [3.8, 4) is 27.9 Å². The Morgan fingerprint density at radius 3 is 2.80 bits per heavy atom. The van der Waals surface area contributed by atoms with E-state index in [2.05, 4.69) is 10.4 Å². The fraction of sp³-hybridized carbons (Fsp3) is 0.200. The van der Waals surface area contributed by atoms with Gasteiger partial charge in [0.1, 0.15) is 5.82 Å². The maximum absolute atomic E-state index is 13.1. The van der Waals surface area contributed by atoms with E-state index in [1.807, 2.05) is 60.8 Å². The lowest BCUT2D eigenvalue weighted by Gasteiger charge is -2.16. The molecule has 0 saturated carbocycles. The summed E-state index contributed by atoms with van der Waals surface area (Å²) < 4.78 is 12.5. The first-order valence-electron chi connectivity index (χ1n) is 11.1. The highest BCUT2D eigenvalue weighted by Crippen LogP contribution is 2.36. The zero-order valence-electron chi connectivity index (χ0n) is 18.8. The predicted octanol–water partition coefficient (Wildman–Crippen LogP) is 4.02. The third-order valence-corrected chi connectivity index (χ3v) is 6.80. The minimum atomic E-state index is -0.452. The molecule has 0 aliphatic carbocycles. The van der Waals surface area contributed by atoms with Crippen LogP contribution >= 0.6 is 11.3 Å². The number of hydrogen-bond donors (Lipinski definition) is 1. The Hall–Kier alpha value is -4.18. The van der Waals surface area contributed by atoms with E-state index in [0.29, 0.717) is 29.0 Å². The topological polar surface area (TPSA) is 98.6 Å². The van der Waals surface area contributed by atoms with Gasteiger partial charge in [-0.3, -0.25) is 9.59 Å². The Balaban J connectivity index is 1.21. The maximum atomic E-state index is 13.1. The number of fused-ring (bicyclic) bond motifs is 1. The lowest BCUT2D eigenvalue weighted by Crippen LogP contribution is -2.28. The molecule has 2 aliphatic rings. The Morgan fingerprint density at radius 1 is 1.11 bits per heavy atom. The second-order valence-electron chi connectivity index (χ2n) is 8.40. The standard InChI is InChI=1S/C25H21N5O4S/c1-15-9-22(27-24(32)17-11-23(31)29(12-17)18-5-3-2-4-6-18)30(28-15)25-26-19(13-35-25)16-7-8-20-21(10-16)34-14-33-20/h2-10,13,17H,11-12,14H2,1H3,(H,27,32). The number of nitrogens with zero attached hydrogens (tertiary/aromatic N) is 4. The molecule has 1 atom stereocenters. The minimum absolute atomic E-state index is 0.0608. The first kappa shape index (κ1) is 21.4. The van der Waals surface area contributed by atoms with Crippen LogP contribution in [-0.4, -0.2) is 39.9 Å². The van der Waals surface area contributed by atoms with E-state index in [1.165, 1.54) is 11.3 Å². The average Bonchev–Trinajstić information content (AvgIpc) is 3.65. The third kappa shape index (κ3) is 4.01. The van der Waals surface area contributed by atoms with Gasteiger partial charge < -0.3 is 19.7 Å². The van der Waals surface area contributed by atoms with E-state index in [4.69, 9.17) is 14.5 Å². The molecule has 0 spiro atoms. The van der Waals surface area contributed by atoms with Crippen molar-refractivity contribution in [2.24, 2.45) is 5.92 Å². The fourth-order valence-electron chi connectivity index (χ4n) is 4.25. The molecule has 1 saturated heterocycles. The summed E-state index contributed by atoms with van der Waals surface area (Å²) in [5.41, 5.74) is 3.21. The highest BCUT2D eigenvalue weighted by atomic mass is 32.1. The molecule has 4 heterocycles. The zero-order chi connectivity index (χ0) is 23.9. The number of benzene rings is 2. The fourth-order valence-corrected chi connectivity index (χ4v) is 5.05. The molecule has 1 unspecified atom stereocenters. The number of hydrogen-bond acceptors (Lipinski definition) is 7. The van der Waals surface area contributed by atoms with E-state index >= 15 is 0 Å². The average molecular weight is 488 g/mol. The zero-order valence-corrected chi connectivity index (χ0v) is 19.6. The highest BCUT2D eigenvalue weighted by molar-refractivity contribution is 7.12. The maximum Gasteiger partial charge on any atom is 0.231 e. The number of aromatic nitrogens is 3. The highest BCUT2D eigenvalue weighted by Gasteiger charge is 2.35. The molecule has 1 N–H and O–H groups in total. The van der Waals surface area contributed by atoms with Crippen LogP contribution < -0.4 is 19.7 Å². The molecular formula is C25H21N5O4S. The van der Waals surface area contributed by atoms with Gasteiger partial charge >= 0.3 is 0 Å². The number of carbonyl (C=O) groups excluding carboxylic acids is 2. The predicted molar refractivity (Wildman–Crippen MR) is 131 cm³/mol. The van der Waals surface area contributed by atoms with Crippen molar-refractivity contribution in [3.63, 3.8) is 0 Å². The molecule has 2 aromatic heterocycles. The Labute approximate surface area is 204 Å². The lowest BCUT2D eigenvalue weighted by atomic mass is 10.1. The summed E-state index contributed by atoms with van der Waals surface area (Å²) in [4.78, 5) is 32.0. The molecule has 1 fully saturated rings. The van der Waals surface area contributed by atoms with Gasteiger partial charge in [-0.05, 0) is 37.3 Å². The summed E-state index contributed by atoms with van der Waals surface area (Å²) in [7, 11) is 0. The summed E-state index contributed by atoms with van der Waals surface area (Å²) in [5, 5.41) is 10.0. The van der Waals surface area contributed by atoms with Gasteiger partial charge in [-0.1, -0.05) is 18.2 Å². The van der Waals surface area contributed by atoms with Gasteiger partial charge in [0.05, 0.1) is 17.3 Å². The molecule has 35 heavy (non-hydrogen) atoms. The molecule has 2 aromatic carbocycles. The number of thiazole rings is 1. The lowest BCUT2D eigenvalue weighted by molar-refractivity contribution is -0.122. The molecule has 4 aromatic rings. The molecule has 176 valence electrons. The monoisotopic (exact) mass is 487 g/mol. The number of nitrogens with one attached hydrogen (secondary N) is 1. The largest absolute Gasteiger partial charge is 0.454 e. The van der Waals surface area contributed by atoms with E-state index in [1.54, 1.807) is 15.6 Å². The van der Waals surface area contributed by atoms with Gasteiger partial charge in [-0.25, -0.2) is 4.98 Å². The quantitative estimate of drug-likeness (QED) is 0.457. The molecule has 9 nitrogen and oxygen atoms in total. The first-order chi connectivity index (χ1) is 17.0. The van der Waals surface area contributed by atoms with Crippen molar-refractivity contribution in [2.75, 3.05) is 23.6 Å². The van der Waals surface area contributed by atoms with E-state index in [9.17, 15) is 9.59 Å². The SMILES string of the molecule is Cc1cc(NC(=O)C2CC(=O)N(c3ccccc3)C2)n(-c2nc(-c3ccc4c(c3)OCO4)cs2)n1. The van der Waals surface area contributed by atoms with Crippen molar-refractivity contribution < 1.29 is 19.1 Å². The van der Waals surface area contributed by atoms with Crippen LogP contribution in [0.4, 0.5) is 11.5 Å². The van der Waals surface area contributed by atoms with Crippen molar-refractivity contribution in [2.45, 2.75) is 13.3 Å². The number of para-hydroxylation sites is 1. The normalized spacial score (nSPS) is 16.7. The molecule has 6 rings (SSSR count). The summed E-state index contributed by atoms with van der Waals surface area (Å²) in [6, 6.07) is 16.9. The number of carbonyl (C=O) groups is 2. The second kappa shape index (κ2) is 8.55. The molecule has 0 bridgehead atoms. The summed E-state index contributed by atoms with van der Waals surface area (Å²) >= 11 is 1.42. The third-order valence-electron chi connectivity index (χ3n) is 5.99. The van der Waals surface area contributed by atoms with Crippen LogP contribution in [0.25, 0.3) is 16.4 Å². The van der Waals surface area contributed by atoms with Gasteiger partial charge in [0.15, 0.2) is 11.5 Å². The van der Waals surface area contributed by atoms with Crippen molar-refractivity contribution in [3.05, 3.63) is 65.7 Å². The number of anilines is 2. The number of ether oxygens (including phenoxy) is 2. The van der Waals surface area contributed by atoms with Crippen LogP contribution in [0.5, 0.6) is 11.5 Å². The van der Waals surface area contributed by atoms with Crippen LogP contribution in [0.15, 0.2) is 60.0 Å². The van der Waals surface area contributed by atoms with Crippen LogP contribution in [0, 0.1) is 12.8 Å². The molecule has 2 amide bonds. The first-order valence-corrected chi connectivity index (χ1v) is 12.0. The Kier molecular flexibility index (Phi) is 5.22. The molecular weight excluding hydrogens is 466 g/mol. The molecule has 10 heteroatoms. The van der Waals surface area contributed by atoms with Crippen LogP contribution in [-0.2, 0) is 9.59 Å². The van der Waals surface area contributed by atoms with Crippen LogP contribution in [0.1, 0.15) is 12.1 Å². The van der Waals surface area contributed by atoms with Gasteiger partial charge in [0.25, 0.3) is 0 Å². The van der Waals surface area contributed by atoms with E-state index in [0.717, 1.165) is 22.6 Å². The van der Waals surface area contributed by atoms with Gasteiger partial charge in [-0.15, -0.1) is 11.3 Å². The van der Waals surface area contributed by atoms with Crippen LogP contribution in [0.3, 0.4) is 0 Å². The van der Waals surface area contributed by atoms with E-state index in [-0.39, 0.29) is 25.0 Å². The van der Waals surface area contributed by atoms with Crippen molar-refractivity contribution >= 4 is 34.7 Å². The second-order valence-corrected chi connectivity index (χ2v) is 9.23. The van der Waals surface area contributed by atoms with Gasteiger partial charge in [0, 0.05) is 35.7 Å². The van der Waals surface area contributed by atoms with Crippen molar-refractivity contribution in [1.29, 1.82) is 0 Å². The number of aryl methyl sites for hydroxylation is 1. The Morgan fingerprint density at radius 2 is 1.94 bits per heavy atom.